The van der Waals surface area contributed by atoms with E-state index in [0.717, 1.165) is 11.8 Å². The van der Waals surface area contributed by atoms with Crippen LogP contribution in [0.1, 0.15) is 44.1 Å². The maximum atomic E-state index is 13.6. The Labute approximate surface area is 226 Å². The molecule has 0 bridgehead atoms. The first-order valence-electron chi connectivity index (χ1n) is 12.5. The number of anilines is 3. The van der Waals surface area contributed by atoms with E-state index < -0.39 is 27.5 Å². The van der Waals surface area contributed by atoms with E-state index in [9.17, 15) is 26.4 Å². The molecule has 6 rings (SSSR count). The van der Waals surface area contributed by atoms with Crippen molar-refractivity contribution >= 4 is 55.7 Å². The van der Waals surface area contributed by atoms with Crippen LogP contribution in [0.5, 0.6) is 5.88 Å². The monoisotopic (exact) mass is 584 g/mol. The Kier molecular flexibility index (Phi) is 6.03. The van der Waals surface area contributed by atoms with E-state index in [1.165, 1.54) is 11.1 Å². The van der Waals surface area contributed by atoms with E-state index >= 15 is 0 Å². The molecule has 2 aliphatic carbocycles. The van der Waals surface area contributed by atoms with Gasteiger partial charge in [0.15, 0.2) is 11.4 Å². The van der Waals surface area contributed by atoms with Crippen LogP contribution in [-0.4, -0.2) is 43.5 Å². The molecule has 0 radical (unpaired) electrons. The number of hydrogen-bond donors (Lipinski definition) is 1. The van der Waals surface area contributed by atoms with Crippen LogP contribution < -0.4 is 14.4 Å². The van der Waals surface area contributed by atoms with E-state index in [0.29, 0.717) is 48.0 Å². The number of hydrogen-bond acceptors (Lipinski definition) is 7. The Balaban J connectivity index is 1.23. The zero-order valence-corrected chi connectivity index (χ0v) is 22.3. The molecule has 0 saturated heterocycles. The lowest BCUT2D eigenvalue weighted by molar-refractivity contribution is -0.184. The van der Waals surface area contributed by atoms with E-state index in [2.05, 4.69) is 14.9 Å². The Morgan fingerprint density at radius 1 is 1.21 bits per heavy atom. The number of halogens is 4. The molecule has 1 spiro atoms. The summed E-state index contributed by atoms with van der Waals surface area (Å²) in [7, 11) is -3.59. The Morgan fingerprint density at radius 2 is 1.92 bits per heavy atom. The molecule has 39 heavy (non-hydrogen) atoms. The topological polar surface area (TPSA) is 115 Å². The predicted octanol–water partition coefficient (Wildman–Crippen LogP) is 5.71. The number of sulfonamides is 1. The summed E-state index contributed by atoms with van der Waals surface area (Å²) < 4.78 is 75.7. The van der Waals surface area contributed by atoms with Gasteiger partial charge in [0.2, 0.25) is 21.8 Å². The quantitative estimate of drug-likeness (QED) is 0.395. The predicted molar refractivity (Wildman–Crippen MR) is 137 cm³/mol. The number of rotatable bonds is 6. The summed E-state index contributed by atoms with van der Waals surface area (Å²) >= 11 is 6.46. The first-order valence-corrected chi connectivity index (χ1v) is 14.7. The van der Waals surface area contributed by atoms with Gasteiger partial charge in [0.1, 0.15) is 5.02 Å². The summed E-state index contributed by atoms with van der Waals surface area (Å²) in [5, 5.41) is 4.45. The third-order valence-electron chi connectivity index (χ3n) is 7.81. The third kappa shape index (κ3) is 4.69. The first kappa shape index (κ1) is 26.2. The molecule has 1 aromatic carbocycles. The summed E-state index contributed by atoms with van der Waals surface area (Å²) in [6, 6.07) is 4.94. The second-order valence-electron chi connectivity index (χ2n) is 10.5. The average molecular weight is 585 g/mol. The molecule has 3 aliphatic rings. The molecular formula is C25H24ClF3N4O5S. The summed E-state index contributed by atoms with van der Waals surface area (Å²) in [6.07, 6.45) is 0.589. The SMILES string of the molecule is CS(=O)(=O)Nc1noc2cc3c(cc12)C1(CC1)C(=O)N3c1cnc(OCC2CCC(C(F)(F)F)CC2)c(Cl)c1. The maximum absolute atomic E-state index is 13.6. The number of carbonyl (C=O) groups excluding carboxylic acids is 1. The van der Waals surface area contributed by atoms with Crippen LogP contribution >= 0.6 is 11.6 Å². The van der Waals surface area contributed by atoms with Crippen LogP contribution in [-0.2, 0) is 20.2 Å². The summed E-state index contributed by atoms with van der Waals surface area (Å²) in [4.78, 5) is 19.4. The fourth-order valence-electron chi connectivity index (χ4n) is 5.59. The number of ether oxygens (including phenoxy) is 1. The van der Waals surface area contributed by atoms with Gasteiger partial charge in [0, 0.05) is 6.07 Å². The molecular weight excluding hydrogens is 561 g/mol. The Bertz CT molecular complexity index is 1580. The lowest BCUT2D eigenvalue weighted by atomic mass is 9.82. The van der Waals surface area contributed by atoms with Crippen molar-refractivity contribution in [3.05, 3.63) is 35.0 Å². The molecule has 2 aromatic heterocycles. The molecule has 9 nitrogen and oxygen atoms in total. The molecule has 1 aliphatic heterocycles. The number of fused-ring (bicyclic) bond motifs is 3. The van der Waals surface area contributed by atoms with Crippen LogP contribution in [0.15, 0.2) is 28.9 Å². The van der Waals surface area contributed by atoms with Gasteiger partial charge in [0.05, 0.1) is 47.2 Å². The minimum Gasteiger partial charge on any atom is -0.476 e. The largest absolute Gasteiger partial charge is 0.476 e. The number of amides is 1. The van der Waals surface area contributed by atoms with Gasteiger partial charge in [-0.3, -0.25) is 14.4 Å². The van der Waals surface area contributed by atoms with Crippen molar-refractivity contribution in [1.29, 1.82) is 0 Å². The number of pyridine rings is 1. The molecule has 0 unspecified atom stereocenters. The molecule has 0 atom stereocenters. The van der Waals surface area contributed by atoms with Crippen LogP contribution in [0.4, 0.5) is 30.4 Å². The Hall–Kier alpha value is -3.06. The average Bonchev–Trinajstić information content (AvgIpc) is 3.53. The minimum atomic E-state index is -4.16. The van der Waals surface area contributed by atoms with Crippen molar-refractivity contribution in [2.45, 2.75) is 50.1 Å². The molecule has 208 valence electrons. The highest BCUT2D eigenvalue weighted by atomic mass is 35.5. The number of alkyl halides is 3. The number of aromatic nitrogens is 2. The molecule has 1 N–H and O–H groups in total. The van der Waals surface area contributed by atoms with Gasteiger partial charge < -0.3 is 9.26 Å². The standard InChI is InChI=1S/C25H24ClF3N4O5S/c1-39(35,36)32-21-16-9-17-19(10-20(16)38-31-21)33(23(34)24(17)6-7-24)15-8-18(26)22(30-11-15)37-12-13-2-4-14(5-3-13)25(27,28)29/h8-11,13-14H,2-7,12H2,1H3,(H,31,32). The summed E-state index contributed by atoms with van der Waals surface area (Å²) in [6.45, 7) is 0.207. The van der Waals surface area contributed by atoms with Gasteiger partial charge in [-0.1, -0.05) is 16.8 Å². The van der Waals surface area contributed by atoms with E-state index in [1.807, 2.05) is 0 Å². The third-order valence-corrected chi connectivity index (χ3v) is 8.64. The molecule has 2 fully saturated rings. The second-order valence-corrected chi connectivity index (χ2v) is 12.7. The molecule has 3 aromatic rings. The van der Waals surface area contributed by atoms with Crippen LogP contribution in [0.3, 0.4) is 0 Å². The number of nitrogens with one attached hydrogen (secondary N) is 1. The van der Waals surface area contributed by atoms with Gasteiger partial charge in [-0.25, -0.2) is 13.4 Å². The zero-order chi connectivity index (χ0) is 27.7. The van der Waals surface area contributed by atoms with Gasteiger partial charge in [-0.05, 0) is 62.1 Å². The van der Waals surface area contributed by atoms with Crippen molar-refractivity contribution in [1.82, 2.24) is 10.1 Å². The van der Waals surface area contributed by atoms with E-state index in [-0.39, 0.29) is 48.0 Å². The Morgan fingerprint density at radius 3 is 2.54 bits per heavy atom. The van der Waals surface area contributed by atoms with Gasteiger partial charge in [-0.15, -0.1) is 0 Å². The summed E-state index contributed by atoms with van der Waals surface area (Å²) in [5.74, 6) is -1.23. The molecule has 1 amide bonds. The molecule has 3 heterocycles. The van der Waals surface area contributed by atoms with Crippen molar-refractivity contribution in [3.8, 4) is 5.88 Å². The fraction of sp³-hybridized carbons (Fsp3) is 0.480. The number of carbonyl (C=O) groups is 1. The smallest absolute Gasteiger partial charge is 0.391 e. The van der Waals surface area contributed by atoms with Crippen molar-refractivity contribution in [3.63, 3.8) is 0 Å². The van der Waals surface area contributed by atoms with E-state index in [1.54, 1.807) is 18.2 Å². The highest BCUT2D eigenvalue weighted by Crippen LogP contribution is 2.60. The van der Waals surface area contributed by atoms with Crippen molar-refractivity contribution in [2.24, 2.45) is 11.8 Å². The van der Waals surface area contributed by atoms with Gasteiger partial charge in [0.25, 0.3) is 0 Å². The maximum Gasteiger partial charge on any atom is 0.391 e. The zero-order valence-electron chi connectivity index (χ0n) is 20.7. The highest BCUT2D eigenvalue weighted by molar-refractivity contribution is 7.92. The highest BCUT2D eigenvalue weighted by Gasteiger charge is 2.60. The first-order chi connectivity index (χ1) is 18.4. The number of benzene rings is 1. The van der Waals surface area contributed by atoms with Crippen molar-refractivity contribution in [2.75, 3.05) is 22.5 Å². The van der Waals surface area contributed by atoms with E-state index in [4.69, 9.17) is 20.9 Å². The normalized spacial score (nSPS) is 22.4. The molecule has 14 heteroatoms. The molecule has 2 saturated carbocycles. The van der Waals surface area contributed by atoms with Gasteiger partial charge in [-0.2, -0.15) is 13.2 Å². The van der Waals surface area contributed by atoms with Crippen molar-refractivity contribution < 1.29 is 35.6 Å². The van der Waals surface area contributed by atoms with Crippen LogP contribution in [0.25, 0.3) is 11.0 Å². The fourth-order valence-corrected chi connectivity index (χ4v) is 6.30. The lowest BCUT2D eigenvalue weighted by Gasteiger charge is -2.29. The minimum absolute atomic E-state index is 0.0192. The number of nitrogens with zero attached hydrogens (tertiary/aromatic N) is 3. The van der Waals surface area contributed by atoms with Gasteiger partial charge >= 0.3 is 6.18 Å². The lowest BCUT2D eigenvalue weighted by Crippen LogP contribution is -2.29. The second kappa shape index (κ2) is 8.98. The van der Waals surface area contributed by atoms with Crippen LogP contribution in [0, 0.1) is 11.8 Å². The van der Waals surface area contributed by atoms with Crippen LogP contribution in [0.2, 0.25) is 5.02 Å². The summed E-state index contributed by atoms with van der Waals surface area (Å²) in [5.41, 5.74) is 1.31.